The third-order valence-corrected chi connectivity index (χ3v) is 4.88. The van der Waals surface area contributed by atoms with Crippen LogP contribution in [0.3, 0.4) is 0 Å². The number of pyridine rings is 1. The zero-order chi connectivity index (χ0) is 18.9. The van der Waals surface area contributed by atoms with Gasteiger partial charge in [0.05, 0.1) is 10.6 Å². The summed E-state index contributed by atoms with van der Waals surface area (Å²) in [7, 11) is 0. The highest BCUT2D eigenvalue weighted by molar-refractivity contribution is 6.32. The van der Waals surface area contributed by atoms with Crippen LogP contribution in [0.4, 0.5) is 17.6 Å². The second-order valence-electron chi connectivity index (χ2n) is 6.11. The number of aryl methyl sites for hydroxylation is 1. The molecule has 0 bridgehead atoms. The number of amides is 1. The number of aromatic nitrogens is 1. The summed E-state index contributed by atoms with van der Waals surface area (Å²) in [4.78, 5) is 16.6. The molecular formula is C18H15ClF4N2O. The number of fused-ring (bicyclic) bond motifs is 1. The van der Waals surface area contributed by atoms with Crippen molar-refractivity contribution in [2.24, 2.45) is 0 Å². The molecule has 1 N–H and O–H groups in total. The molecule has 0 unspecified atom stereocenters. The van der Waals surface area contributed by atoms with Crippen molar-refractivity contribution in [1.29, 1.82) is 0 Å². The average molecular weight is 387 g/mol. The van der Waals surface area contributed by atoms with Crippen LogP contribution in [0.2, 0.25) is 5.02 Å². The molecule has 1 atom stereocenters. The highest BCUT2D eigenvalue weighted by Crippen LogP contribution is 2.39. The molecule has 0 saturated carbocycles. The Morgan fingerprint density at radius 2 is 2.04 bits per heavy atom. The molecule has 1 heterocycles. The van der Waals surface area contributed by atoms with E-state index < -0.39 is 28.3 Å². The van der Waals surface area contributed by atoms with Crippen LogP contribution in [0.1, 0.15) is 35.2 Å². The Bertz CT molecular complexity index is 840. The zero-order valence-electron chi connectivity index (χ0n) is 13.5. The van der Waals surface area contributed by atoms with Crippen LogP contribution in [0.25, 0.3) is 0 Å². The Hall–Kier alpha value is -2.15. The molecule has 138 valence electrons. The Morgan fingerprint density at radius 3 is 2.77 bits per heavy atom. The first-order valence-corrected chi connectivity index (χ1v) is 8.37. The van der Waals surface area contributed by atoms with Gasteiger partial charge in [-0.1, -0.05) is 29.8 Å². The van der Waals surface area contributed by atoms with Crippen LogP contribution in [-0.2, 0) is 29.6 Å². The average Bonchev–Trinajstić information content (AvgIpc) is 2.60. The summed E-state index contributed by atoms with van der Waals surface area (Å²) in [5.41, 5.74) is -2.45. The maximum atomic E-state index is 15.4. The molecular weight excluding hydrogens is 372 g/mol. The molecule has 2 aromatic rings. The van der Waals surface area contributed by atoms with Gasteiger partial charge in [0.15, 0.2) is 0 Å². The molecule has 1 aliphatic rings. The van der Waals surface area contributed by atoms with Gasteiger partial charge in [0, 0.05) is 24.0 Å². The van der Waals surface area contributed by atoms with Gasteiger partial charge < -0.3 is 5.32 Å². The lowest BCUT2D eigenvalue weighted by Gasteiger charge is -2.30. The van der Waals surface area contributed by atoms with E-state index >= 15 is 4.39 Å². The van der Waals surface area contributed by atoms with E-state index in [2.05, 4.69) is 10.3 Å². The number of carbonyl (C=O) groups is 1. The van der Waals surface area contributed by atoms with E-state index in [4.69, 9.17) is 11.6 Å². The van der Waals surface area contributed by atoms with Crippen molar-refractivity contribution in [2.75, 3.05) is 0 Å². The van der Waals surface area contributed by atoms with Crippen molar-refractivity contribution < 1.29 is 22.4 Å². The van der Waals surface area contributed by atoms with Crippen molar-refractivity contribution in [3.63, 3.8) is 0 Å². The van der Waals surface area contributed by atoms with Gasteiger partial charge in [-0.25, -0.2) is 4.39 Å². The van der Waals surface area contributed by atoms with Gasteiger partial charge in [-0.2, -0.15) is 13.2 Å². The van der Waals surface area contributed by atoms with E-state index in [0.717, 1.165) is 6.07 Å². The lowest BCUT2D eigenvalue weighted by Crippen LogP contribution is -2.43. The molecule has 0 spiro atoms. The summed E-state index contributed by atoms with van der Waals surface area (Å²) in [6.45, 7) is -0.303. The predicted molar refractivity (Wildman–Crippen MR) is 88.3 cm³/mol. The highest BCUT2D eigenvalue weighted by atomic mass is 35.5. The quantitative estimate of drug-likeness (QED) is 0.785. The number of hydrogen-bond donors (Lipinski definition) is 1. The Kier molecular flexibility index (Phi) is 4.92. The topological polar surface area (TPSA) is 42.0 Å². The van der Waals surface area contributed by atoms with Crippen molar-refractivity contribution >= 4 is 17.5 Å². The molecule has 1 aromatic heterocycles. The first kappa shape index (κ1) is 18.6. The second kappa shape index (κ2) is 6.87. The number of nitrogens with zero attached hydrogens (tertiary/aromatic N) is 1. The smallest absolute Gasteiger partial charge is 0.349 e. The fourth-order valence-electron chi connectivity index (χ4n) is 3.12. The van der Waals surface area contributed by atoms with E-state index in [9.17, 15) is 18.0 Å². The number of nitrogens with one attached hydrogen (secondary N) is 1. The van der Waals surface area contributed by atoms with E-state index in [-0.39, 0.29) is 24.1 Å². The summed E-state index contributed by atoms with van der Waals surface area (Å²) in [6.07, 6.45) is -2.04. The fourth-order valence-corrected chi connectivity index (χ4v) is 3.42. The maximum absolute atomic E-state index is 15.4. The minimum atomic E-state index is -4.60. The molecule has 1 aromatic carbocycles. The van der Waals surface area contributed by atoms with Crippen LogP contribution in [0, 0.1) is 0 Å². The zero-order valence-corrected chi connectivity index (χ0v) is 14.3. The molecule has 0 saturated heterocycles. The first-order chi connectivity index (χ1) is 12.2. The highest BCUT2D eigenvalue weighted by Gasteiger charge is 2.44. The van der Waals surface area contributed by atoms with Crippen molar-refractivity contribution in [1.82, 2.24) is 10.3 Å². The van der Waals surface area contributed by atoms with Gasteiger partial charge in [-0.3, -0.25) is 9.78 Å². The van der Waals surface area contributed by atoms with E-state index in [1.165, 1.54) is 24.4 Å². The van der Waals surface area contributed by atoms with Gasteiger partial charge in [0.1, 0.15) is 0 Å². The molecule has 0 radical (unpaired) electrons. The molecule has 3 nitrogen and oxygen atoms in total. The molecule has 0 aliphatic heterocycles. The van der Waals surface area contributed by atoms with Crippen molar-refractivity contribution in [3.8, 4) is 0 Å². The van der Waals surface area contributed by atoms with Gasteiger partial charge >= 0.3 is 6.18 Å². The van der Waals surface area contributed by atoms with Crippen molar-refractivity contribution in [2.45, 2.75) is 37.7 Å². The third kappa shape index (κ3) is 3.40. The molecule has 26 heavy (non-hydrogen) atoms. The van der Waals surface area contributed by atoms with Gasteiger partial charge in [0.2, 0.25) is 5.67 Å². The van der Waals surface area contributed by atoms with E-state index in [0.29, 0.717) is 18.5 Å². The standard InChI is InChI=1S/C18H15ClF4N2O/c19-15-11(4-1-5-13(15)18(21,22)23)10-25-16(26)17(20)8-2-7-14-12(17)6-3-9-24-14/h1,3-6,9H,2,7-8,10H2,(H,25,26)/t17-/m1/s1. The number of alkyl halides is 4. The Morgan fingerprint density at radius 1 is 1.27 bits per heavy atom. The van der Waals surface area contributed by atoms with Crippen LogP contribution >= 0.6 is 11.6 Å². The Labute approximate surface area is 152 Å². The lowest BCUT2D eigenvalue weighted by atomic mass is 9.82. The fraction of sp³-hybridized carbons (Fsp3) is 0.333. The molecule has 3 rings (SSSR count). The van der Waals surface area contributed by atoms with Crippen molar-refractivity contribution in [3.05, 3.63) is 63.9 Å². The molecule has 8 heteroatoms. The number of benzene rings is 1. The number of rotatable bonds is 3. The van der Waals surface area contributed by atoms with Crippen LogP contribution in [0.15, 0.2) is 36.5 Å². The SMILES string of the molecule is O=C(NCc1cccc(C(F)(F)F)c1Cl)[C@@]1(F)CCCc2ncccc21. The third-order valence-electron chi connectivity index (χ3n) is 4.44. The summed E-state index contributed by atoms with van der Waals surface area (Å²) < 4.78 is 54.1. The summed E-state index contributed by atoms with van der Waals surface area (Å²) in [5, 5.41) is 1.88. The summed E-state index contributed by atoms with van der Waals surface area (Å²) in [6, 6.07) is 6.47. The van der Waals surface area contributed by atoms with Crippen LogP contribution < -0.4 is 5.32 Å². The minimum absolute atomic E-state index is 0.00610. The van der Waals surface area contributed by atoms with Gasteiger partial charge in [-0.15, -0.1) is 0 Å². The number of carbonyl (C=O) groups excluding carboxylic acids is 1. The van der Waals surface area contributed by atoms with Gasteiger partial charge in [-0.05, 0) is 37.0 Å². The molecule has 1 aliphatic carbocycles. The van der Waals surface area contributed by atoms with Crippen LogP contribution in [-0.4, -0.2) is 10.9 Å². The normalized spacial score (nSPS) is 19.7. The Balaban J connectivity index is 1.81. The lowest BCUT2D eigenvalue weighted by molar-refractivity contribution is -0.137. The first-order valence-electron chi connectivity index (χ1n) is 7.99. The maximum Gasteiger partial charge on any atom is 0.417 e. The summed E-state index contributed by atoms with van der Waals surface area (Å²) >= 11 is 5.80. The summed E-state index contributed by atoms with van der Waals surface area (Å²) in [5.74, 6) is -0.903. The van der Waals surface area contributed by atoms with Crippen LogP contribution in [0.5, 0.6) is 0 Å². The minimum Gasteiger partial charge on any atom is -0.349 e. The van der Waals surface area contributed by atoms with E-state index in [1.807, 2.05) is 0 Å². The van der Waals surface area contributed by atoms with E-state index in [1.54, 1.807) is 6.07 Å². The predicted octanol–water partition coefficient (Wildman–Crippen LogP) is 4.57. The van der Waals surface area contributed by atoms with Gasteiger partial charge in [0.25, 0.3) is 5.91 Å². The molecule has 1 amide bonds. The number of hydrogen-bond acceptors (Lipinski definition) is 2. The number of halogens is 5. The second-order valence-corrected chi connectivity index (χ2v) is 6.49. The largest absolute Gasteiger partial charge is 0.417 e. The monoisotopic (exact) mass is 386 g/mol. The molecule has 0 fully saturated rings.